The molecule has 2 rings (SSSR count). The lowest BCUT2D eigenvalue weighted by atomic mass is 9.90. The summed E-state index contributed by atoms with van der Waals surface area (Å²) in [5.41, 5.74) is -5.77. The highest BCUT2D eigenvalue weighted by Gasteiger charge is 2.39. The van der Waals surface area contributed by atoms with Crippen LogP contribution in [0.15, 0.2) is 48.5 Å². The molecule has 0 aliphatic carbocycles. The Morgan fingerprint density at radius 3 is 1.90 bits per heavy atom. The highest BCUT2D eigenvalue weighted by Crippen LogP contribution is 2.36. The van der Waals surface area contributed by atoms with Gasteiger partial charge in [-0.15, -0.1) is 0 Å². The molecule has 4 nitrogen and oxygen atoms in total. The fourth-order valence-corrected chi connectivity index (χ4v) is 2.59. The molecule has 1 amide bonds. The molecule has 2 aromatic rings. The average molecular weight is 416 g/mol. The maximum absolute atomic E-state index is 12.9. The van der Waals surface area contributed by atoms with Gasteiger partial charge in [-0.1, -0.05) is 30.3 Å². The molecule has 154 valence electrons. The Bertz CT molecular complexity index is 887. The predicted molar refractivity (Wildman–Crippen MR) is 88.9 cm³/mol. The number of aliphatic hydroxyl groups is 1. The number of amides is 1. The first kappa shape index (κ1) is 22.2. The quantitative estimate of drug-likeness (QED) is 0.720. The van der Waals surface area contributed by atoms with E-state index in [2.05, 4.69) is 5.32 Å². The molecule has 0 heterocycles. The molecule has 0 aliphatic rings. The number of nitriles is 1. The van der Waals surface area contributed by atoms with Crippen LogP contribution < -0.4 is 5.32 Å². The molecule has 0 saturated carbocycles. The molecule has 10 heteroatoms. The van der Waals surface area contributed by atoms with Crippen molar-refractivity contribution in [2.45, 2.75) is 30.9 Å². The number of alkyl halides is 6. The summed E-state index contributed by atoms with van der Waals surface area (Å²) >= 11 is 0. The van der Waals surface area contributed by atoms with Crippen molar-refractivity contribution in [3.8, 4) is 6.07 Å². The van der Waals surface area contributed by atoms with Gasteiger partial charge in [-0.05, 0) is 29.3 Å². The first-order valence-electron chi connectivity index (χ1n) is 8.09. The molecule has 29 heavy (non-hydrogen) atoms. The minimum Gasteiger partial charge on any atom is -0.374 e. The number of carbonyl (C=O) groups is 1. The number of nitrogens with zero attached hydrogens (tertiary/aromatic N) is 1. The second-order valence-electron chi connectivity index (χ2n) is 6.16. The smallest absolute Gasteiger partial charge is 0.374 e. The fraction of sp³-hybridized carbons (Fsp3) is 0.263. The summed E-state index contributed by atoms with van der Waals surface area (Å²) in [7, 11) is 0. The molecule has 1 atom stereocenters. The monoisotopic (exact) mass is 416 g/mol. The van der Waals surface area contributed by atoms with Gasteiger partial charge in [0.25, 0.3) is 5.91 Å². The van der Waals surface area contributed by atoms with E-state index in [1.54, 1.807) is 12.1 Å². The van der Waals surface area contributed by atoms with Crippen LogP contribution >= 0.6 is 0 Å². The first-order valence-corrected chi connectivity index (χ1v) is 8.09. The summed E-state index contributed by atoms with van der Waals surface area (Å²) in [4.78, 5) is 12.4. The van der Waals surface area contributed by atoms with Crippen molar-refractivity contribution in [2.24, 2.45) is 0 Å². The second-order valence-corrected chi connectivity index (χ2v) is 6.16. The van der Waals surface area contributed by atoms with Crippen molar-refractivity contribution in [1.29, 1.82) is 5.26 Å². The SMILES string of the molecule is N#CCC(O)(C(=O)NCc1cc(C(F)(F)F)cc(C(F)(F)F)c1)c1ccccc1. The fourth-order valence-electron chi connectivity index (χ4n) is 2.59. The van der Waals surface area contributed by atoms with E-state index in [9.17, 15) is 36.2 Å². The van der Waals surface area contributed by atoms with Crippen LogP contribution in [0.4, 0.5) is 26.3 Å². The van der Waals surface area contributed by atoms with Crippen molar-refractivity contribution in [3.63, 3.8) is 0 Å². The Morgan fingerprint density at radius 2 is 1.45 bits per heavy atom. The van der Waals surface area contributed by atoms with Crippen molar-refractivity contribution in [3.05, 3.63) is 70.8 Å². The van der Waals surface area contributed by atoms with Gasteiger partial charge in [-0.3, -0.25) is 4.79 Å². The van der Waals surface area contributed by atoms with Crippen molar-refractivity contribution >= 4 is 5.91 Å². The zero-order valence-corrected chi connectivity index (χ0v) is 14.6. The van der Waals surface area contributed by atoms with Gasteiger partial charge < -0.3 is 10.4 Å². The Kier molecular flexibility index (Phi) is 6.23. The van der Waals surface area contributed by atoms with E-state index < -0.39 is 53.5 Å². The number of hydrogen-bond donors (Lipinski definition) is 2. The van der Waals surface area contributed by atoms with Crippen LogP contribution in [0.1, 0.15) is 28.7 Å². The molecule has 0 aromatic heterocycles. The van der Waals surface area contributed by atoms with Crippen LogP contribution in [0, 0.1) is 11.3 Å². The van der Waals surface area contributed by atoms with Crippen LogP contribution in [0.3, 0.4) is 0 Å². The summed E-state index contributed by atoms with van der Waals surface area (Å²) in [6, 6.07) is 9.86. The van der Waals surface area contributed by atoms with Gasteiger partial charge in [0.1, 0.15) is 0 Å². The molecular formula is C19H14F6N2O2. The van der Waals surface area contributed by atoms with E-state index in [1.807, 2.05) is 0 Å². The minimum absolute atomic E-state index is 0.0265. The highest BCUT2D eigenvalue weighted by molar-refractivity contribution is 5.86. The average Bonchev–Trinajstić information content (AvgIpc) is 2.65. The minimum atomic E-state index is -5.02. The van der Waals surface area contributed by atoms with Gasteiger partial charge in [-0.2, -0.15) is 31.6 Å². The molecule has 2 N–H and O–H groups in total. The maximum atomic E-state index is 12.9. The Hall–Kier alpha value is -3.06. The molecule has 0 saturated heterocycles. The molecular weight excluding hydrogens is 402 g/mol. The Morgan fingerprint density at radius 1 is 0.931 bits per heavy atom. The molecule has 0 radical (unpaired) electrons. The van der Waals surface area contributed by atoms with Crippen LogP contribution in [0.5, 0.6) is 0 Å². The third kappa shape index (κ3) is 5.26. The predicted octanol–water partition coefficient (Wildman–Crippen LogP) is 4.14. The topological polar surface area (TPSA) is 73.1 Å². The van der Waals surface area contributed by atoms with Crippen molar-refractivity contribution in [1.82, 2.24) is 5.32 Å². The van der Waals surface area contributed by atoms with Crippen molar-refractivity contribution < 1.29 is 36.2 Å². The lowest BCUT2D eigenvalue weighted by molar-refractivity contribution is -0.143. The van der Waals surface area contributed by atoms with Crippen molar-refractivity contribution in [2.75, 3.05) is 0 Å². The second kappa shape index (κ2) is 8.13. The number of nitrogens with one attached hydrogen (secondary N) is 1. The van der Waals surface area contributed by atoms with Gasteiger partial charge in [0.15, 0.2) is 5.60 Å². The lowest BCUT2D eigenvalue weighted by Gasteiger charge is -2.25. The molecule has 0 fully saturated rings. The number of benzene rings is 2. The van der Waals surface area contributed by atoms with Gasteiger partial charge in [-0.25, -0.2) is 0 Å². The normalized spacial score (nSPS) is 14.0. The highest BCUT2D eigenvalue weighted by atomic mass is 19.4. The largest absolute Gasteiger partial charge is 0.416 e. The van der Waals surface area contributed by atoms with Gasteiger partial charge >= 0.3 is 12.4 Å². The first-order chi connectivity index (χ1) is 13.4. The summed E-state index contributed by atoms with van der Waals surface area (Å²) in [5.74, 6) is -1.13. The van der Waals surface area contributed by atoms with Crippen LogP contribution in [-0.4, -0.2) is 11.0 Å². The van der Waals surface area contributed by atoms with E-state index in [0.717, 1.165) is 0 Å². The van der Waals surface area contributed by atoms with Crippen LogP contribution in [0.25, 0.3) is 0 Å². The maximum Gasteiger partial charge on any atom is 0.416 e. The number of carbonyl (C=O) groups excluding carboxylic acids is 1. The Balaban J connectivity index is 2.32. The lowest BCUT2D eigenvalue weighted by Crippen LogP contribution is -2.44. The number of rotatable bonds is 5. The third-order valence-corrected chi connectivity index (χ3v) is 4.06. The third-order valence-electron chi connectivity index (χ3n) is 4.06. The summed E-state index contributed by atoms with van der Waals surface area (Å²) < 4.78 is 77.5. The standard InChI is InChI=1S/C19H14F6N2O2/c20-18(21,22)14-8-12(9-15(10-14)19(23,24)25)11-27-16(28)17(29,6-7-26)13-4-2-1-3-5-13/h1-5,8-10,29H,6,11H2,(H,27,28). The zero-order chi connectivity index (χ0) is 21.9. The summed E-state index contributed by atoms with van der Waals surface area (Å²) in [5, 5.41) is 21.6. The van der Waals surface area contributed by atoms with E-state index in [0.29, 0.717) is 12.1 Å². The van der Waals surface area contributed by atoms with E-state index in [-0.39, 0.29) is 11.6 Å². The Labute approximate surface area is 161 Å². The van der Waals surface area contributed by atoms with Crippen LogP contribution in [-0.2, 0) is 29.3 Å². The molecule has 0 bridgehead atoms. The van der Waals surface area contributed by atoms with Gasteiger partial charge in [0, 0.05) is 6.54 Å². The zero-order valence-electron chi connectivity index (χ0n) is 14.6. The molecule has 0 spiro atoms. The van der Waals surface area contributed by atoms with E-state index in [4.69, 9.17) is 5.26 Å². The molecule has 1 unspecified atom stereocenters. The molecule has 0 aliphatic heterocycles. The summed E-state index contributed by atoms with van der Waals surface area (Å²) in [6.07, 6.45) is -10.7. The summed E-state index contributed by atoms with van der Waals surface area (Å²) in [6.45, 7) is -0.716. The van der Waals surface area contributed by atoms with Gasteiger partial charge in [0.2, 0.25) is 0 Å². The van der Waals surface area contributed by atoms with E-state index >= 15 is 0 Å². The number of halogens is 6. The number of hydrogen-bond acceptors (Lipinski definition) is 3. The van der Waals surface area contributed by atoms with Crippen LogP contribution in [0.2, 0.25) is 0 Å². The van der Waals surface area contributed by atoms with E-state index in [1.165, 1.54) is 24.3 Å². The molecule has 2 aromatic carbocycles. The van der Waals surface area contributed by atoms with Gasteiger partial charge in [0.05, 0.1) is 23.6 Å².